The van der Waals surface area contributed by atoms with E-state index in [1.807, 2.05) is 0 Å². The number of nitrogens with one attached hydrogen (secondary N) is 1. The molecule has 0 saturated heterocycles. The Labute approximate surface area is 105 Å². The zero-order valence-electron chi connectivity index (χ0n) is 9.57. The van der Waals surface area contributed by atoms with Crippen molar-refractivity contribution >= 4 is 23.6 Å². The van der Waals surface area contributed by atoms with Crippen molar-refractivity contribution in [1.82, 2.24) is 5.32 Å². The third-order valence-corrected chi connectivity index (χ3v) is 3.81. The fourth-order valence-electron chi connectivity index (χ4n) is 1.93. The van der Waals surface area contributed by atoms with Crippen LogP contribution in [0.1, 0.15) is 25.7 Å². The minimum absolute atomic E-state index is 0.0409. The summed E-state index contributed by atoms with van der Waals surface area (Å²) in [5.74, 6) is -0.460. The lowest BCUT2D eigenvalue weighted by Gasteiger charge is -2.18. The monoisotopic (exact) mass is 256 g/mol. The van der Waals surface area contributed by atoms with Crippen LogP contribution in [0.25, 0.3) is 0 Å². The largest absolute Gasteiger partial charge is 0.481 e. The van der Waals surface area contributed by atoms with Gasteiger partial charge in [-0.2, -0.15) is 5.26 Å². The molecule has 1 amide bonds. The van der Waals surface area contributed by atoms with E-state index in [0.29, 0.717) is 25.1 Å². The Hall–Kier alpha value is -1.22. The topological polar surface area (TPSA) is 90.2 Å². The number of rotatable bonds is 6. The highest BCUT2D eigenvalue weighted by Crippen LogP contribution is 2.37. The van der Waals surface area contributed by atoms with Crippen molar-refractivity contribution in [2.75, 3.05) is 18.1 Å². The number of nitrogens with zero attached hydrogens (tertiary/aromatic N) is 1. The van der Waals surface area contributed by atoms with E-state index in [1.54, 1.807) is 0 Å². The number of aliphatic carboxylic acids is 1. The average molecular weight is 256 g/mol. The van der Waals surface area contributed by atoms with Crippen LogP contribution in [0.4, 0.5) is 0 Å². The van der Waals surface area contributed by atoms with Crippen LogP contribution in [-0.2, 0) is 9.59 Å². The maximum atomic E-state index is 11.8. The van der Waals surface area contributed by atoms with Gasteiger partial charge in [-0.1, -0.05) is 12.8 Å². The molecule has 0 aromatic carbocycles. The summed E-state index contributed by atoms with van der Waals surface area (Å²) in [6, 6.07) is 2.12. The van der Waals surface area contributed by atoms with Gasteiger partial charge < -0.3 is 10.4 Å². The number of carbonyl (C=O) groups is 2. The lowest BCUT2D eigenvalue weighted by atomic mass is 9.87. The minimum Gasteiger partial charge on any atom is -0.481 e. The molecule has 0 bridgehead atoms. The van der Waals surface area contributed by atoms with E-state index in [0.717, 1.165) is 12.8 Å². The minimum atomic E-state index is -0.856. The van der Waals surface area contributed by atoms with Gasteiger partial charge in [0.2, 0.25) is 5.91 Å². The summed E-state index contributed by atoms with van der Waals surface area (Å²) in [5.41, 5.74) is -0.836. The van der Waals surface area contributed by atoms with E-state index < -0.39 is 11.4 Å². The average Bonchev–Trinajstić information content (AvgIpc) is 2.77. The van der Waals surface area contributed by atoms with Crippen LogP contribution >= 0.6 is 11.8 Å². The Morgan fingerprint density at radius 2 is 2.06 bits per heavy atom. The van der Waals surface area contributed by atoms with Crippen LogP contribution in [0.15, 0.2) is 0 Å². The summed E-state index contributed by atoms with van der Waals surface area (Å²) in [7, 11) is 0. The highest BCUT2D eigenvalue weighted by Gasteiger charge is 2.41. The Morgan fingerprint density at radius 1 is 1.41 bits per heavy atom. The molecule has 5 nitrogen and oxygen atoms in total. The second-order valence-corrected chi connectivity index (χ2v) is 5.21. The van der Waals surface area contributed by atoms with Gasteiger partial charge in [-0.25, -0.2) is 0 Å². The molecular formula is C11H16N2O3S. The second kappa shape index (κ2) is 6.50. The van der Waals surface area contributed by atoms with Crippen molar-refractivity contribution in [2.45, 2.75) is 25.7 Å². The van der Waals surface area contributed by atoms with Crippen LogP contribution in [0.3, 0.4) is 0 Å². The maximum absolute atomic E-state index is 11.8. The number of carboxylic acids is 1. The van der Waals surface area contributed by atoms with E-state index in [9.17, 15) is 9.59 Å². The van der Waals surface area contributed by atoms with E-state index in [1.165, 1.54) is 11.8 Å². The van der Waals surface area contributed by atoms with Crippen molar-refractivity contribution < 1.29 is 14.7 Å². The van der Waals surface area contributed by atoms with Gasteiger partial charge in [-0.05, 0) is 12.8 Å². The number of carboxylic acid groups (broad SMARTS) is 1. The molecule has 0 unspecified atom stereocenters. The summed E-state index contributed by atoms with van der Waals surface area (Å²) < 4.78 is 0. The molecule has 0 atom stereocenters. The summed E-state index contributed by atoms with van der Waals surface area (Å²) in [5, 5.41) is 20.2. The zero-order valence-corrected chi connectivity index (χ0v) is 10.4. The summed E-state index contributed by atoms with van der Waals surface area (Å²) in [6.45, 7) is 0.417. The van der Waals surface area contributed by atoms with Crippen LogP contribution in [-0.4, -0.2) is 35.0 Å². The molecule has 17 heavy (non-hydrogen) atoms. The fraction of sp³-hybridized carbons (Fsp3) is 0.727. The van der Waals surface area contributed by atoms with Crippen molar-refractivity contribution in [3.8, 4) is 6.07 Å². The van der Waals surface area contributed by atoms with Crippen molar-refractivity contribution in [3.63, 3.8) is 0 Å². The van der Waals surface area contributed by atoms with Gasteiger partial charge in [-0.3, -0.25) is 9.59 Å². The van der Waals surface area contributed by atoms with E-state index in [4.69, 9.17) is 10.4 Å². The molecule has 0 aromatic rings. The highest BCUT2D eigenvalue weighted by molar-refractivity contribution is 7.99. The third kappa shape index (κ3) is 3.93. The molecule has 0 radical (unpaired) electrons. The fourth-order valence-corrected chi connectivity index (χ4v) is 2.50. The van der Waals surface area contributed by atoms with Gasteiger partial charge in [0.1, 0.15) is 5.41 Å². The molecule has 1 rings (SSSR count). The zero-order chi connectivity index (χ0) is 12.7. The summed E-state index contributed by atoms with van der Waals surface area (Å²) >= 11 is 1.26. The normalized spacial score (nSPS) is 17.4. The predicted molar refractivity (Wildman–Crippen MR) is 64.5 cm³/mol. The van der Waals surface area contributed by atoms with Crippen molar-refractivity contribution in [2.24, 2.45) is 5.41 Å². The first-order valence-corrected chi connectivity index (χ1v) is 6.75. The van der Waals surface area contributed by atoms with Crippen LogP contribution in [0.2, 0.25) is 0 Å². The van der Waals surface area contributed by atoms with Gasteiger partial charge in [0.15, 0.2) is 0 Å². The second-order valence-electron chi connectivity index (χ2n) is 4.10. The first-order chi connectivity index (χ1) is 8.10. The maximum Gasteiger partial charge on any atom is 0.313 e. The van der Waals surface area contributed by atoms with Gasteiger partial charge >= 0.3 is 5.97 Å². The SMILES string of the molecule is N#CC1(C(=O)NCCSCC(=O)O)CCCC1. The number of nitriles is 1. The molecule has 0 spiro atoms. The van der Waals surface area contributed by atoms with Gasteiger partial charge in [0, 0.05) is 12.3 Å². The molecular weight excluding hydrogens is 240 g/mol. The molecule has 1 saturated carbocycles. The van der Waals surface area contributed by atoms with E-state index >= 15 is 0 Å². The first-order valence-electron chi connectivity index (χ1n) is 5.60. The van der Waals surface area contributed by atoms with Gasteiger partial charge in [-0.15, -0.1) is 11.8 Å². The molecule has 1 aliphatic carbocycles. The van der Waals surface area contributed by atoms with Crippen LogP contribution < -0.4 is 5.32 Å². The molecule has 1 aliphatic rings. The van der Waals surface area contributed by atoms with Gasteiger partial charge in [0.05, 0.1) is 11.8 Å². The molecule has 1 fully saturated rings. The quantitative estimate of drug-likeness (QED) is 0.692. The Morgan fingerprint density at radius 3 is 2.59 bits per heavy atom. The molecule has 2 N–H and O–H groups in total. The smallest absolute Gasteiger partial charge is 0.313 e. The van der Waals surface area contributed by atoms with E-state index in [2.05, 4.69) is 11.4 Å². The number of hydrogen-bond donors (Lipinski definition) is 2. The Kier molecular flexibility index (Phi) is 5.29. The predicted octanol–water partition coefficient (Wildman–Crippen LogP) is 1.00. The summed E-state index contributed by atoms with van der Waals surface area (Å²) in [6.07, 6.45) is 3.12. The lowest BCUT2D eigenvalue weighted by Crippen LogP contribution is -2.39. The van der Waals surface area contributed by atoms with E-state index in [-0.39, 0.29) is 11.7 Å². The Balaban J connectivity index is 2.25. The number of hydrogen-bond acceptors (Lipinski definition) is 4. The number of thioether (sulfide) groups is 1. The number of carbonyl (C=O) groups excluding carboxylic acids is 1. The van der Waals surface area contributed by atoms with Gasteiger partial charge in [0.25, 0.3) is 0 Å². The standard InChI is InChI=1S/C11H16N2O3S/c12-8-11(3-1-2-4-11)10(16)13-5-6-17-7-9(14)15/h1-7H2,(H,13,16)(H,14,15). The number of amides is 1. The third-order valence-electron chi connectivity index (χ3n) is 2.86. The first kappa shape index (κ1) is 13.8. The molecule has 0 heterocycles. The summed E-state index contributed by atoms with van der Waals surface area (Å²) in [4.78, 5) is 22.1. The van der Waals surface area contributed by atoms with Crippen LogP contribution in [0, 0.1) is 16.7 Å². The Bertz CT molecular complexity index is 332. The highest BCUT2D eigenvalue weighted by atomic mass is 32.2. The van der Waals surface area contributed by atoms with Crippen molar-refractivity contribution in [1.29, 1.82) is 5.26 Å². The molecule has 0 aromatic heterocycles. The van der Waals surface area contributed by atoms with Crippen molar-refractivity contribution in [3.05, 3.63) is 0 Å². The lowest BCUT2D eigenvalue weighted by molar-refractivity contribution is -0.134. The molecule has 6 heteroatoms. The van der Waals surface area contributed by atoms with Crippen LogP contribution in [0.5, 0.6) is 0 Å². The molecule has 94 valence electrons. The molecule has 0 aliphatic heterocycles.